The monoisotopic (exact) mass is 386 g/mol. The van der Waals surface area contributed by atoms with Crippen molar-refractivity contribution >= 4 is 5.95 Å². The van der Waals surface area contributed by atoms with E-state index in [1.54, 1.807) is 6.92 Å². The van der Waals surface area contributed by atoms with Crippen LogP contribution in [0.15, 0.2) is 18.2 Å². The van der Waals surface area contributed by atoms with Crippen LogP contribution >= 0.6 is 0 Å². The van der Waals surface area contributed by atoms with Crippen LogP contribution in [0.3, 0.4) is 0 Å². The van der Waals surface area contributed by atoms with Crippen molar-refractivity contribution in [3.63, 3.8) is 0 Å². The first-order valence-corrected chi connectivity index (χ1v) is 8.19. The van der Waals surface area contributed by atoms with Crippen LogP contribution in [0.25, 0.3) is 11.3 Å². The zero-order chi connectivity index (χ0) is 20.2. The predicted molar refractivity (Wildman–Crippen MR) is 92.4 cm³/mol. The predicted octanol–water partition coefficient (Wildman–Crippen LogP) is 2.41. The van der Waals surface area contributed by atoms with Crippen LogP contribution in [-0.4, -0.2) is 58.3 Å². The molecule has 2 N–H and O–H groups in total. The summed E-state index contributed by atoms with van der Waals surface area (Å²) < 4.78 is 43.6. The second-order valence-electron chi connectivity index (χ2n) is 5.90. The average molecular weight is 386 g/mol. The van der Waals surface area contributed by atoms with Gasteiger partial charge in [0.05, 0.1) is 24.0 Å². The van der Waals surface area contributed by atoms with Crippen molar-refractivity contribution in [1.29, 1.82) is 0 Å². The Kier molecular flexibility index (Phi) is 6.55. The number of halogens is 3. The molecule has 1 aliphatic heterocycles. The molecule has 2 heterocycles. The van der Waals surface area contributed by atoms with Crippen molar-refractivity contribution in [2.75, 3.05) is 31.7 Å². The molecule has 1 atom stereocenters. The minimum absolute atomic E-state index is 0.0521. The largest absolute Gasteiger partial charge is 0.507 e. The number of phenolic OH excluding ortho intramolecular Hbond substituents is 1. The van der Waals surface area contributed by atoms with Gasteiger partial charge in [0, 0.05) is 25.8 Å². The number of hydrogen-bond acceptors (Lipinski definition) is 7. The summed E-state index contributed by atoms with van der Waals surface area (Å²) in [5.74, 6) is -0.0791. The molecule has 0 aliphatic carbocycles. The van der Waals surface area contributed by atoms with E-state index < -0.39 is 17.5 Å². The first-order chi connectivity index (χ1) is 12.8. The highest BCUT2D eigenvalue weighted by molar-refractivity contribution is 5.69. The van der Waals surface area contributed by atoms with Crippen LogP contribution in [0.1, 0.15) is 18.2 Å². The third-order valence-electron chi connectivity index (χ3n) is 3.95. The number of phenols is 1. The maximum atomic E-state index is 12.7. The number of aliphatic hydroxyl groups is 1. The zero-order valence-electron chi connectivity index (χ0n) is 15.2. The molecule has 1 saturated heterocycles. The van der Waals surface area contributed by atoms with E-state index in [2.05, 4.69) is 15.2 Å². The van der Waals surface area contributed by atoms with Crippen LogP contribution in [0.5, 0.6) is 5.75 Å². The van der Waals surface area contributed by atoms with Crippen LogP contribution in [-0.2, 0) is 10.9 Å². The van der Waals surface area contributed by atoms with E-state index in [1.807, 2.05) is 11.8 Å². The summed E-state index contributed by atoms with van der Waals surface area (Å²) in [7, 11) is 1.00. The minimum Gasteiger partial charge on any atom is -0.507 e. The second-order valence-corrected chi connectivity index (χ2v) is 5.90. The molecule has 1 aromatic heterocycles. The Morgan fingerprint density at radius 2 is 1.93 bits per heavy atom. The summed E-state index contributed by atoms with van der Waals surface area (Å²) >= 11 is 0. The SMILES string of the molecule is CO.Cc1nc(N2CCOC(C)C2)nnc1-c1ccc(C(F)(F)F)cc1O. The van der Waals surface area contributed by atoms with Gasteiger partial charge in [0.25, 0.3) is 0 Å². The number of hydrogen-bond donors (Lipinski definition) is 2. The molecule has 1 fully saturated rings. The maximum Gasteiger partial charge on any atom is 0.416 e. The minimum atomic E-state index is -4.52. The van der Waals surface area contributed by atoms with E-state index in [4.69, 9.17) is 9.84 Å². The number of aryl methyl sites for hydroxylation is 1. The summed E-state index contributed by atoms with van der Waals surface area (Å²) in [6.07, 6.45) is -4.47. The number of aliphatic hydroxyl groups excluding tert-OH is 1. The number of benzene rings is 1. The highest BCUT2D eigenvalue weighted by Crippen LogP contribution is 2.36. The van der Waals surface area contributed by atoms with E-state index in [9.17, 15) is 18.3 Å². The Labute approximate surface area is 154 Å². The Morgan fingerprint density at radius 1 is 1.22 bits per heavy atom. The summed E-state index contributed by atoms with van der Waals surface area (Å²) in [6, 6.07) is 2.75. The molecule has 2 aromatic rings. The lowest BCUT2D eigenvalue weighted by Gasteiger charge is -2.30. The van der Waals surface area contributed by atoms with Gasteiger partial charge in [-0.25, -0.2) is 4.98 Å². The van der Waals surface area contributed by atoms with Crippen molar-refractivity contribution in [2.24, 2.45) is 0 Å². The quantitative estimate of drug-likeness (QED) is 0.819. The van der Waals surface area contributed by atoms with Gasteiger partial charge in [0.1, 0.15) is 11.4 Å². The molecule has 0 saturated carbocycles. The topological polar surface area (TPSA) is 91.6 Å². The van der Waals surface area contributed by atoms with Gasteiger partial charge in [-0.15, -0.1) is 10.2 Å². The van der Waals surface area contributed by atoms with Gasteiger partial charge in [-0.3, -0.25) is 0 Å². The van der Waals surface area contributed by atoms with Crippen LogP contribution in [0, 0.1) is 6.92 Å². The lowest BCUT2D eigenvalue weighted by Crippen LogP contribution is -2.42. The molecule has 1 unspecified atom stereocenters. The van der Waals surface area contributed by atoms with Crippen LogP contribution < -0.4 is 4.90 Å². The van der Waals surface area contributed by atoms with Gasteiger partial charge in [-0.2, -0.15) is 13.2 Å². The fourth-order valence-electron chi connectivity index (χ4n) is 2.68. The Hall–Kier alpha value is -2.46. The van der Waals surface area contributed by atoms with Gasteiger partial charge < -0.3 is 19.8 Å². The normalized spacial score (nSPS) is 17.3. The van der Waals surface area contributed by atoms with Crippen molar-refractivity contribution in [3.05, 3.63) is 29.5 Å². The van der Waals surface area contributed by atoms with E-state index in [-0.39, 0.29) is 17.4 Å². The first-order valence-electron chi connectivity index (χ1n) is 8.19. The van der Waals surface area contributed by atoms with Crippen molar-refractivity contribution in [3.8, 4) is 17.0 Å². The third kappa shape index (κ3) is 4.83. The molecule has 3 rings (SSSR count). The molecule has 27 heavy (non-hydrogen) atoms. The molecule has 0 spiro atoms. The van der Waals surface area contributed by atoms with Crippen LogP contribution in [0.4, 0.5) is 19.1 Å². The van der Waals surface area contributed by atoms with E-state index in [1.165, 1.54) is 6.07 Å². The first kappa shape index (κ1) is 20.8. The smallest absolute Gasteiger partial charge is 0.416 e. The van der Waals surface area contributed by atoms with E-state index in [0.717, 1.165) is 13.2 Å². The van der Waals surface area contributed by atoms with Gasteiger partial charge in [0.15, 0.2) is 0 Å². The molecular weight excluding hydrogens is 365 g/mol. The van der Waals surface area contributed by atoms with Crippen LogP contribution in [0.2, 0.25) is 0 Å². The number of aromatic nitrogens is 3. The van der Waals surface area contributed by atoms with Gasteiger partial charge >= 0.3 is 6.18 Å². The Morgan fingerprint density at radius 3 is 2.48 bits per heavy atom. The molecule has 7 nitrogen and oxygen atoms in total. The molecule has 10 heteroatoms. The number of aromatic hydroxyl groups is 1. The number of ether oxygens (including phenoxy) is 1. The standard InChI is InChI=1S/C16H17F3N4O2.CH4O/c1-9-8-23(5-6-25-9)15-20-10(2)14(21-22-15)12-4-3-11(7-13(12)24)16(17,18)19;1-2/h3-4,7,9,24H,5-6,8H2,1-2H3;2H,1H3. The molecule has 0 amide bonds. The second kappa shape index (κ2) is 8.49. The Balaban J connectivity index is 0.00000126. The number of morpholine rings is 1. The fourth-order valence-corrected chi connectivity index (χ4v) is 2.68. The fraction of sp³-hybridized carbons (Fsp3) is 0.471. The van der Waals surface area contributed by atoms with Crippen molar-refractivity contribution in [2.45, 2.75) is 26.1 Å². The summed E-state index contributed by atoms with van der Waals surface area (Å²) in [6.45, 7) is 5.45. The lowest BCUT2D eigenvalue weighted by atomic mass is 10.1. The number of alkyl halides is 3. The highest BCUT2D eigenvalue weighted by Gasteiger charge is 2.31. The number of rotatable bonds is 2. The van der Waals surface area contributed by atoms with Gasteiger partial charge in [-0.1, -0.05) is 0 Å². The third-order valence-corrected chi connectivity index (χ3v) is 3.95. The maximum absolute atomic E-state index is 12.7. The van der Waals surface area contributed by atoms with E-state index >= 15 is 0 Å². The summed E-state index contributed by atoms with van der Waals surface area (Å²) in [5, 5.41) is 25.1. The molecule has 148 valence electrons. The van der Waals surface area contributed by atoms with Crippen molar-refractivity contribution in [1.82, 2.24) is 15.2 Å². The van der Waals surface area contributed by atoms with E-state index in [0.29, 0.717) is 37.4 Å². The Bertz CT molecular complexity index is 787. The summed E-state index contributed by atoms with van der Waals surface area (Å²) in [4.78, 5) is 6.32. The lowest BCUT2D eigenvalue weighted by molar-refractivity contribution is -0.137. The summed E-state index contributed by atoms with van der Waals surface area (Å²) in [5.41, 5.74) is -0.0471. The number of nitrogens with zero attached hydrogens (tertiary/aromatic N) is 4. The molecule has 0 bridgehead atoms. The zero-order valence-corrected chi connectivity index (χ0v) is 15.2. The number of anilines is 1. The molecule has 1 aliphatic rings. The molecular formula is C17H21F3N4O3. The van der Waals surface area contributed by atoms with Gasteiger partial charge in [-0.05, 0) is 32.0 Å². The average Bonchev–Trinajstić information content (AvgIpc) is 2.63. The van der Waals surface area contributed by atoms with Gasteiger partial charge in [0.2, 0.25) is 5.95 Å². The molecule has 0 radical (unpaired) electrons. The highest BCUT2D eigenvalue weighted by atomic mass is 19.4. The van der Waals surface area contributed by atoms with Crippen molar-refractivity contribution < 1.29 is 28.1 Å². The molecule has 1 aromatic carbocycles.